The van der Waals surface area contributed by atoms with E-state index in [9.17, 15) is 9.18 Å². The molecule has 1 atom stereocenters. The molecule has 0 aliphatic heterocycles. The van der Waals surface area contributed by atoms with Gasteiger partial charge in [0.1, 0.15) is 17.1 Å². The highest BCUT2D eigenvalue weighted by Gasteiger charge is 2.17. The zero-order valence-electron chi connectivity index (χ0n) is 9.16. The summed E-state index contributed by atoms with van der Waals surface area (Å²) in [6.45, 7) is 1.59. The summed E-state index contributed by atoms with van der Waals surface area (Å²) in [6, 6.07) is 4.14. The van der Waals surface area contributed by atoms with Crippen molar-refractivity contribution in [1.82, 2.24) is 5.32 Å². The lowest BCUT2D eigenvalue weighted by atomic mass is 10.1. The van der Waals surface area contributed by atoms with Gasteiger partial charge in [-0.3, -0.25) is 4.79 Å². The molecular weight excluding hydrogens is 213 g/mol. The number of hydrogen-bond acceptors (Lipinski definition) is 3. The number of methoxy groups -OCH3 is 1. The summed E-state index contributed by atoms with van der Waals surface area (Å²) in [4.78, 5) is 11.6. The molecule has 0 aromatic heterocycles. The molecule has 5 heteroatoms. The van der Waals surface area contributed by atoms with Gasteiger partial charge in [-0.1, -0.05) is 6.07 Å². The van der Waals surface area contributed by atoms with Crippen LogP contribution in [0.1, 0.15) is 17.3 Å². The van der Waals surface area contributed by atoms with Gasteiger partial charge in [0.15, 0.2) is 0 Å². The van der Waals surface area contributed by atoms with Crippen molar-refractivity contribution in [2.24, 2.45) is 0 Å². The SMILES string of the molecule is COc1cccc(F)c1C(=O)NCC(C)O. The van der Waals surface area contributed by atoms with E-state index in [1.54, 1.807) is 0 Å². The third-order valence-corrected chi connectivity index (χ3v) is 1.98. The average Bonchev–Trinajstić information content (AvgIpc) is 2.25. The summed E-state index contributed by atoms with van der Waals surface area (Å²) in [7, 11) is 1.36. The van der Waals surface area contributed by atoms with Gasteiger partial charge < -0.3 is 15.2 Å². The molecule has 0 heterocycles. The van der Waals surface area contributed by atoms with Gasteiger partial charge >= 0.3 is 0 Å². The first-order chi connectivity index (χ1) is 7.56. The number of carbonyl (C=O) groups excluding carboxylic acids is 1. The number of aliphatic hydroxyl groups excluding tert-OH is 1. The molecular formula is C11H14FNO3. The monoisotopic (exact) mass is 227 g/mol. The Labute approximate surface area is 93.0 Å². The van der Waals surface area contributed by atoms with Crippen LogP contribution in [-0.2, 0) is 0 Å². The average molecular weight is 227 g/mol. The van der Waals surface area contributed by atoms with Gasteiger partial charge in [-0.2, -0.15) is 0 Å². The first kappa shape index (κ1) is 12.4. The maximum absolute atomic E-state index is 13.4. The minimum absolute atomic E-state index is 0.0658. The van der Waals surface area contributed by atoms with Crippen LogP contribution in [0.2, 0.25) is 0 Å². The summed E-state index contributed by atoms with van der Waals surface area (Å²) >= 11 is 0. The molecule has 16 heavy (non-hydrogen) atoms. The van der Waals surface area contributed by atoms with Crippen molar-refractivity contribution in [3.8, 4) is 5.75 Å². The molecule has 1 aromatic rings. The lowest BCUT2D eigenvalue weighted by molar-refractivity contribution is 0.0916. The largest absolute Gasteiger partial charge is 0.496 e. The van der Waals surface area contributed by atoms with E-state index in [1.165, 1.54) is 32.2 Å². The first-order valence-corrected chi connectivity index (χ1v) is 4.85. The summed E-state index contributed by atoms with van der Waals surface area (Å²) in [5, 5.41) is 11.4. The number of nitrogens with one attached hydrogen (secondary N) is 1. The molecule has 0 saturated heterocycles. The summed E-state index contributed by atoms with van der Waals surface area (Å²) in [5.41, 5.74) is -0.148. The van der Waals surface area contributed by atoms with Crippen LogP contribution in [0.4, 0.5) is 4.39 Å². The lowest BCUT2D eigenvalue weighted by Crippen LogP contribution is -2.31. The number of carbonyl (C=O) groups is 1. The second kappa shape index (κ2) is 5.46. The van der Waals surface area contributed by atoms with Gasteiger partial charge in [0, 0.05) is 6.54 Å². The van der Waals surface area contributed by atoms with E-state index in [2.05, 4.69) is 5.32 Å². The van der Waals surface area contributed by atoms with Crippen LogP contribution in [0.5, 0.6) is 5.75 Å². The fourth-order valence-corrected chi connectivity index (χ4v) is 1.22. The Kier molecular flexibility index (Phi) is 4.25. The Bertz CT molecular complexity index is 379. The van der Waals surface area contributed by atoms with Crippen LogP contribution in [0, 0.1) is 5.82 Å². The minimum Gasteiger partial charge on any atom is -0.496 e. The number of benzene rings is 1. The zero-order valence-corrected chi connectivity index (χ0v) is 9.16. The normalized spacial score (nSPS) is 12.0. The van der Waals surface area contributed by atoms with Gasteiger partial charge in [-0.15, -0.1) is 0 Å². The smallest absolute Gasteiger partial charge is 0.258 e. The minimum atomic E-state index is -0.679. The number of ether oxygens (including phenoxy) is 1. The molecule has 1 unspecified atom stereocenters. The molecule has 0 bridgehead atoms. The van der Waals surface area contributed by atoms with E-state index < -0.39 is 17.8 Å². The van der Waals surface area contributed by atoms with Crippen molar-refractivity contribution in [2.75, 3.05) is 13.7 Å². The Morgan fingerprint density at radius 1 is 1.62 bits per heavy atom. The molecule has 0 fully saturated rings. The standard InChI is InChI=1S/C11H14FNO3/c1-7(14)6-13-11(15)10-8(12)4-3-5-9(10)16-2/h3-5,7,14H,6H2,1-2H3,(H,13,15). The van der Waals surface area contributed by atoms with Gasteiger partial charge in [-0.05, 0) is 19.1 Å². The number of rotatable bonds is 4. The predicted octanol–water partition coefficient (Wildman–Crippen LogP) is 0.945. The van der Waals surface area contributed by atoms with Crippen LogP contribution >= 0.6 is 0 Å². The Morgan fingerprint density at radius 3 is 2.88 bits per heavy atom. The molecule has 2 N–H and O–H groups in total. The van der Waals surface area contributed by atoms with Crippen molar-refractivity contribution < 1.29 is 19.0 Å². The van der Waals surface area contributed by atoms with E-state index in [0.717, 1.165) is 0 Å². The van der Waals surface area contributed by atoms with E-state index in [0.29, 0.717) is 0 Å². The van der Waals surface area contributed by atoms with Crippen LogP contribution in [0.25, 0.3) is 0 Å². The van der Waals surface area contributed by atoms with E-state index in [4.69, 9.17) is 9.84 Å². The van der Waals surface area contributed by atoms with Crippen LogP contribution in [0.3, 0.4) is 0 Å². The summed E-state index contributed by atoms with van der Waals surface area (Å²) in [5.74, 6) is -1.08. The number of amides is 1. The molecule has 1 rings (SSSR count). The molecule has 0 aliphatic carbocycles. The van der Waals surface area contributed by atoms with Gasteiger partial charge in [-0.25, -0.2) is 4.39 Å². The number of halogens is 1. The third kappa shape index (κ3) is 2.93. The molecule has 4 nitrogen and oxygen atoms in total. The van der Waals surface area contributed by atoms with Gasteiger partial charge in [0.25, 0.3) is 5.91 Å². The van der Waals surface area contributed by atoms with Crippen LogP contribution in [0.15, 0.2) is 18.2 Å². The van der Waals surface area contributed by atoms with Crippen molar-refractivity contribution in [2.45, 2.75) is 13.0 Å². The second-order valence-electron chi connectivity index (χ2n) is 3.38. The molecule has 0 radical (unpaired) electrons. The Balaban J connectivity index is 2.89. The zero-order chi connectivity index (χ0) is 12.1. The first-order valence-electron chi connectivity index (χ1n) is 4.85. The number of aliphatic hydroxyl groups is 1. The summed E-state index contributed by atoms with van der Waals surface area (Å²) < 4.78 is 18.3. The van der Waals surface area contributed by atoms with E-state index in [-0.39, 0.29) is 17.9 Å². The van der Waals surface area contributed by atoms with Crippen molar-refractivity contribution in [1.29, 1.82) is 0 Å². The lowest BCUT2D eigenvalue weighted by Gasteiger charge is -2.10. The fraction of sp³-hybridized carbons (Fsp3) is 0.364. The fourth-order valence-electron chi connectivity index (χ4n) is 1.22. The van der Waals surface area contributed by atoms with Crippen LogP contribution < -0.4 is 10.1 Å². The number of hydrogen-bond donors (Lipinski definition) is 2. The summed E-state index contributed by atoms with van der Waals surface area (Å²) in [6.07, 6.45) is -0.679. The maximum atomic E-state index is 13.4. The van der Waals surface area contributed by atoms with E-state index in [1.807, 2.05) is 0 Å². The Hall–Kier alpha value is -1.62. The van der Waals surface area contributed by atoms with Gasteiger partial charge in [0.2, 0.25) is 0 Å². The highest BCUT2D eigenvalue weighted by molar-refractivity contribution is 5.97. The molecule has 0 aliphatic rings. The topological polar surface area (TPSA) is 58.6 Å². The Morgan fingerprint density at radius 2 is 2.31 bits per heavy atom. The van der Waals surface area contributed by atoms with Crippen LogP contribution in [-0.4, -0.2) is 30.8 Å². The maximum Gasteiger partial charge on any atom is 0.258 e. The highest BCUT2D eigenvalue weighted by atomic mass is 19.1. The second-order valence-corrected chi connectivity index (χ2v) is 3.38. The molecule has 0 saturated carbocycles. The van der Waals surface area contributed by atoms with Crippen molar-refractivity contribution >= 4 is 5.91 Å². The molecule has 1 amide bonds. The molecule has 88 valence electrons. The van der Waals surface area contributed by atoms with Crippen molar-refractivity contribution in [3.63, 3.8) is 0 Å². The quantitative estimate of drug-likeness (QED) is 0.805. The molecule has 0 spiro atoms. The predicted molar refractivity (Wildman–Crippen MR) is 57.0 cm³/mol. The third-order valence-electron chi connectivity index (χ3n) is 1.98. The highest BCUT2D eigenvalue weighted by Crippen LogP contribution is 2.20. The molecule has 1 aromatic carbocycles. The van der Waals surface area contributed by atoms with E-state index >= 15 is 0 Å². The van der Waals surface area contributed by atoms with Crippen molar-refractivity contribution in [3.05, 3.63) is 29.6 Å². The van der Waals surface area contributed by atoms with Gasteiger partial charge in [0.05, 0.1) is 13.2 Å².